The molecule has 0 aliphatic carbocycles. The molecule has 8 heavy (non-hydrogen) atoms. The monoisotopic (exact) mass is 134 g/mol. The topological polar surface area (TPSA) is 55.5 Å². The molecule has 46 valence electrons. The minimum absolute atomic E-state index is 0.299. The Morgan fingerprint density at radius 3 is 2.75 bits per heavy atom. The van der Waals surface area contributed by atoms with Gasteiger partial charge in [-0.2, -0.15) is 0 Å². The van der Waals surface area contributed by atoms with Crippen LogP contribution in [-0.4, -0.2) is 16.6 Å². The molecule has 0 amide bonds. The van der Waals surface area contributed by atoms with Gasteiger partial charge in [-0.15, -0.1) is 0 Å². The summed E-state index contributed by atoms with van der Waals surface area (Å²) in [6.45, 7) is 0.685. The highest BCUT2D eigenvalue weighted by molar-refractivity contribution is 7.81. The van der Waals surface area contributed by atoms with Crippen LogP contribution in [0.15, 0.2) is 4.36 Å². The van der Waals surface area contributed by atoms with Crippen LogP contribution < -0.4 is 0 Å². The van der Waals surface area contributed by atoms with E-state index in [9.17, 15) is 10.1 Å². The molecule has 1 atom stereocenters. The summed E-state index contributed by atoms with van der Waals surface area (Å²) in [6.07, 6.45) is 0.893. The molecule has 5 heteroatoms. The third-order valence-electron chi connectivity index (χ3n) is 0.897. The summed E-state index contributed by atoms with van der Waals surface area (Å²) in [5, 5.41) is 9.93. The molecule has 0 saturated carbocycles. The number of hydrogen-bond donors (Lipinski definition) is 0. The van der Waals surface area contributed by atoms with E-state index in [2.05, 4.69) is 4.36 Å². The number of nitro groups is 1. The second-order valence-electron chi connectivity index (χ2n) is 1.47. The van der Waals surface area contributed by atoms with Crippen molar-refractivity contribution >= 4 is 10.9 Å². The number of rotatable bonds is 1. The van der Waals surface area contributed by atoms with E-state index in [0.717, 1.165) is 6.42 Å². The van der Waals surface area contributed by atoms with Crippen LogP contribution in [0.1, 0.15) is 6.42 Å². The second kappa shape index (κ2) is 2.21. The van der Waals surface area contributed by atoms with Gasteiger partial charge in [0.25, 0.3) is 0 Å². The van der Waals surface area contributed by atoms with Gasteiger partial charge in [0.15, 0.2) is 0 Å². The van der Waals surface area contributed by atoms with E-state index in [0.29, 0.717) is 12.3 Å². The molecule has 1 unspecified atom stereocenters. The molecule has 0 N–H and O–H groups in total. The molecule has 0 radical (unpaired) electrons. The molecule has 1 heterocycles. The highest BCUT2D eigenvalue weighted by Crippen LogP contribution is 2.02. The highest BCUT2D eigenvalue weighted by atomic mass is 32.2. The Balaban J connectivity index is 2.57. The Morgan fingerprint density at radius 1 is 1.75 bits per heavy atom. The third-order valence-corrected chi connectivity index (χ3v) is 2.38. The van der Waals surface area contributed by atoms with Crippen molar-refractivity contribution in [1.82, 2.24) is 0 Å². The molecule has 0 bridgehead atoms. The van der Waals surface area contributed by atoms with E-state index in [1.807, 2.05) is 0 Å². The Labute approximate surface area is 49.3 Å². The summed E-state index contributed by atoms with van der Waals surface area (Å²) < 4.78 is 3.47. The molecule has 0 fully saturated rings. The lowest BCUT2D eigenvalue weighted by atomic mass is 10.5. The Bertz CT molecular complexity index is 144. The zero-order valence-corrected chi connectivity index (χ0v) is 5.06. The third kappa shape index (κ3) is 1.03. The van der Waals surface area contributed by atoms with Gasteiger partial charge in [-0.25, -0.2) is 14.5 Å². The maximum absolute atomic E-state index is 9.93. The maximum Gasteiger partial charge on any atom is 0.228 e. The fourth-order valence-corrected chi connectivity index (χ4v) is 1.65. The van der Waals surface area contributed by atoms with Gasteiger partial charge in [-0.05, 0) is 6.42 Å². The summed E-state index contributed by atoms with van der Waals surface area (Å²) in [4.78, 5) is 9.93. The first-order valence-electron chi connectivity index (χ1n) is 2.34. The Hall–Kier alpha value is -0.450. The van der Waals surface area contributed by atoms with E-state index in [-0.39, 0.29) is 4.33 Å². The van der Waals surface area contributed by atoms with Gasteiger partial charge < -0.3 is 0 Å². The summed E-state index contributed by atoms with van der Waals surface area (Å²) >= 11 is 0. The largest absolute Gasteiger partial charge is 0.250 e. The molecular weight excluding hydrogens is 128 g/mol. The van der Waals surface area contributed by atoms with Crippen LogP contribution in [0, 0.1) is 10.1 Å². The summed E-state index contributed by atoms with van der Waals surface area (Å²) in [5.41, 5.74) is 0. The van der Waals surface area contributed by atoms with Crippen molar-refractivity contribution in [2.75, 3.05) is 12.3 Å². The van der Waals surface area contributed by atoms with Crippen LogP contribution in [0.5, 0.6) is 0 Å². The van der Waals surface area contributed by atoms with Gasteiger partial charge in [-0.3, -0.25) is 0 Å². The van der Waals surface area contributed by atoms with Crippen molar-refractivity contribution in [3.8, 4) is 0 Å². The molecule has 0 saturated heterocycles. The molecule has 4 nitrogen and oxygen atoms in total. The summed E-state index contributed by atoms with van der Waals surface area (Å²) in [6, 6.07) is 0. The van der Waals surface area contributed by atoms with Crippen LogP contribution in [0.25, 0.3) is 0 Å². The average molecular weight is 134 g/mol. The molecule has 1 aliphatic heterocycles. The molecule has 0 aromatic rings. The molecule has 1 aliphatic rings. The van der Waals surface area contributed by atoms with Gasteiger partial charge >= 0.3 is 0 Å². The lowest BCUT2D eigenvalue weighted by Gasteiger charge is -1.83. The van der Waals surface area contributed by atoms with Crippen LogP contribution >= 0.6 is 0 Å². The Kier molecular flexibility index (Phi) is 1.57. The smallest absolute Gasteiger partial charge is 0.228 e. The van der Waals surface area contributed by atoms with E-state index >= 15 is 0 Å². The highest BCUT2D eigenvalue weighted by Gasteiger charge is 2.13. The molecule has 0 aromatic carbocycles. The van der Waals surface area contributed by atoms with Crippen LogP contribution in [0.3, 0.4) is 0 Å². The van der Waals surface area contributed by atoms with Gasteiger partial charge in [0.1, 0.15) is 4.33 Å². The van der Waals surface area contributed by atoms with Gasteiger partial charge in [-0.1, -0.05) is 0 Å². The van der Waals surface area contributed by atoms with Crippen LogP contribution in [-0.2, 0) is 10.9 Å². The molecule has 0 spiro atoms. The quantitative estimate of drug-likeness (QED) is 0.384. The van der Waals surface area contributed by atoms with Gasteiger partial charge in [0.05, 0.1) is 12.3 Å². The fourth-order valence-electron chi connectivity index (χ4n) is 0.550. The Morgan fingerprint density at radius 2 is 2.50 bits per heavy atom. The van der Waals surface area contributed by atoms with E-state index in [1.54, 1.807) is 0 Å². The van der Waals surface area contributed by atoms with Gasteiger partial charge in [0, 0.05) is 0 Å². The lowest BCUT2D eigenvalue weighted by molar-refractivity contribution is -0.290. The maximum atomic E-state index is 9.93. The number of nitrogens with zero attached hydrogens (tertiary/aromatic N) is 2. The molecule has 0 aromatic heterocycles. The van der Waals surface area contributed by atoms with Crippen molar-refractivity contribution in [2.45, 2.75) is 6.42 Å². The van der Waals surface area contributed by atoms with E-state index in [1.165, 1.54) is 0 Å². The van der Waals surface area contributed by atoms with Gasteiger partial charge in [0.2, 0.25) is 10.9 Å². The molecule has 1 rings (SSSR count). The first kappa shape index (κ1) is 5.68. The van der Waals surface area contributed by atoms with Crippen molar-refractivity contribution in [2.24, 2.45) is 4.36 Å². The van der Waals surface area contributed by atoms with Crippen molar-refractivity contribution in [3.63, 3.8) is 0 Å². The minimum atomic E-state index is -0.832. The number of hydrogen-bond acceptors (Lipinski definition) is 3. The van der Waals surface area contributed by atoms with Crippen LogP contribution in [0.4, 0.5) is 0 Å². The zero-order chi connectivity index (χ0) is 5.98. The second-order valence-corrected chi connectivity index (χ2v) is 3.12. The van der Waals surface area contributed by atoms with Crippen molar-refractivity contribution < 1.29 is 4.33 Å². The lowest BCUT2D eigenvalue weighted by Crippen LogP contribution is -2.02. The minimum Gasteiger partial charge on any atom is -0.250 e. The first-order chi connectivity index (χ1) is 3.80. The predicted molar refractivity (Wildman–Crippen MR) is 31.1 cm³/mol. The first-order valence-corrected chi connectivity index (χ1v) is 3.64. The fraction of sp³-hybridized carbons (Fsp3) is 1.00. The summed E-state index contributed by atoms with van der Waals surface area (Å²) in [7, 11) is -0.832. The van der Waals surface area contributed by atoms with Crippen molar-refractivity contribution in [3.05, 3.63) is 10.1 Å². The summed E-state index contributed by atoms with van der Waals surface area (Å²) in [5.74, 6) is 0.660. The molecular formula is C3H6N2O2S. The predicted octanol–water partition coefficient (Wildman–Crippen LogP) is 0.384. The van der Waals surface area contributed by atoms with Crippen LogP contribution in [0.2, 0.25) is 0 Å². The average Bonchev–Trinajstić information content (AvgIpc) is 2.12. The SMILES string of the molecule is O=[N+]([O-])S1=NCCC1. The van der Waals surface area contributed by atoms with E-state index < -0.39 is 10.9 Å². The van der Waals surface area contributed by atoms with E-state index in [4.69, 9.17) is 0 Å². The zero-order valence-electron chi connectivity index (χ0n) is 4.24. The normalized spacial score (nSPS) is 27.2. The van der Waals surface area contributed by atoms with Crippen molar-refractivity contribution in [1.29, 1.82) is 0 Å². The standard InChI is InChI=1S/C3H6N2O2S/c6-5(7)8-3-1-2-4-8/h1-3H2.